The molecule has 1 heterocycles. The Bertz CT molecular complexity index is 580. The average Bonchev–Trinajstić information content (AvgIpc) is 2.73. The second-order valence-electron chi connectivity index (χ2n) is 4.61. The number of nitrogens with zero attached hydrogens (tertiary/aromatic N) is 3. The number of hydrogen-bond donors (Lipinski definition) is 1. The number of aromatic nitrogens is 3. The predicted octanol–water partition coefficient (Wildman–Crippen LogP) is 2.18. The second kappa shape index (κ2) is 5.26. The zero-order valence-electron chi connectivity index (χ0n) is 11.2. The van der Waals surface area contributed by atoms with Gasteiger partial charge in [0.05, 0.1) is 19.3 Å². The molecule has 5 nitrogen and oxygen atoms in total. The van der Waals surface area contributed by atoms with Gasteiger partial charge in [0, 0.05) is 5.56 Å². The molecule has 2 aromatic rings. The van der Waals surface area contributed by atoms with Gasteiger partial charge in [-0.2, -0.15) is 0 Å². The van der Waals surface area contributed by atoms with Gasteiger partial charge in [-0.05, 0) is 12.0 Å². The van der Waals surface area contributed by atoms with Crippen LogP contribution in [-0.2, 0) is 6.54 Å². The molecule has 1 aromatic carbocycles. The lowest BCUT2D eigenvalue weighted by Crippen LogP contribution is -2.10. The molecule has 0 atom stereocenters. The first-order valence-corrected chi connectivity index (χ1v) is 6.04. The number of rotatable bonds is 4. The Morgan fingerprint density at radius 3 is 2.79 bits per heavy atom. The summed E-state index contributed by atoms with van der Waals surface area (Å²) in [4.78, 5) is 0. The zero-order valence-corrected chi connectivity index (χ0v) is 11.2. The van der Waals surface area contributed by atoms with Gasteiger partial charge in [0.15, 0.2) is 17.4 Å². The molecule has 0 saturated carbocycles. The van der Waals surface area contributed by atoms with Crippen LogP contribution in [0.2, 0.25) is 0 Å². The molecule has 2 N–H and O–H groups in total. The fourth-order valence-electron chi connectivity index (χ4n) is 2.04. The summed E-state index contributed by atoms with van der Waals surface area (Å²) >= 11 is 0. The lowest BCUT2D eigenvalue weighted by Gasteiger charge is -2.11. The molecule has 0 saturated heterocycles. The Balaban J connectivity index is 2.37. The van der Waals surface area contributed by atoms with Crippen molar-refractivity contribution in [2.24, 2.45) is 0 Å². The molecule has 0 fully saturated rings. The lowest BCUT2D eigenvalue weighted by atomic mass is 10.1. The van der Waals surface area contributed by atoms with Crippen LogP contribution in [0.1, 0.15) is 31.0 Å². The van der Waals surface area contributed by atoms with Gasteiger partial charge in [-0.3, -0.25) is 0 Å². The summed E-state index contributed by atoms with van der Waals surface area (Å²) in [6.45, 7) is 4.27. The van der Waals surface area contributed by atoms with Gasteiger partial charge in [0.2, 0.25) is 0 Å². The highest BCUT2D eigenvalue weighted by molar-refractivity contribution is 5.36. The van der Waals surface area contributed by atoms with Gasteiger partial charge >= 0.3 is 0 Å². The number of anilines is 1. The zero-order chi connectivity index (χ0) is 14.0. The van der Waals surface area contributed by atoms with Gasteiger partial charge in [-0.25, -0.2) is 9.07 Å². The van der Waals surface area contributed by atoms with Crippen molar-refractivity contribution in [3.8, 4) is 5.75 Å². The second-order valence-corrected chi connectivity index (χ2v) is 4.61. The highest BCUT2D eigenvalue weighted by atomic mass is 19.1. The highest BCUT2D eigenvalue weighted by Crippen LogP contribution is 2.23. The maximum Gasteiger partial charge on any atom is 0.170 e. The summed E-state index contributed by atoms with van der Waals surface area (Å²) in [5, 5.41) is 7.81. The molecule has 2 rings (SSSR count). The van der Waals surface area contributed by atoms with Gasteiger partial charge in [-0.1, -0.05) is 31.2 Å². The SMILES string of the molecule is COc1cccc(Cn2nnc(N)c2C(C)C)c1F. The van der Waals surface area contributed by atoms with Gasteiger partial charge in [0.25, 0.3) is 0 Å². The number of nitrogens with two attached hydrogens (primary N) is 1. The molecular weight excluding hydrogens is 247 g/mol. The van der Waals surface area contributed by atoms with Crippen LogP contribution in [0.15, 0.2) is 18.2 Å². The molecule has 19 heavy (non-hydrogen) atoms. The first-order chi connectivity index (χ1) is 9.04. The van der Waals surface area contributed by atoms with Crippen molar-refractivity contribution in [1.29, 1.82) is 0 Å². The van der Waals surface area contributed by atoms with Crippen LogP contribution in [0.3, 0.4) is 0 Å². The molecule has 0 bridgehead atoms. The maximum atomic E-state index is 14.1. The van der Waals surface area contributed by atoms with E-state index in [4.69, 9.17) is 10.5 Å². The van der Waals surface area contributed by atoms with E-state index < -0.39 is 0 Å². The third-order valence-corrected chi connectivity index (χ3v) is 2.93. The molecule has 0 radical (unpaired) electrons. The molecule has 1 aromatic heterocycles. The molecule has 0 aliphatic heterocycles. The summed E-state index contributed by atoms with van der Waals surface area (Å²) in [6, 6.07) is 5.02. The van der Waals surface area contributed by atoms with Gasteiger partial charge in [-0.15, -0.1) is 5.10 Å². The van der Waals surface area contributed by atoms with Crippen LogP contribution in [0.25, 0.3) is 0 Å². The van der Waals surface area contributed by atoms with Crippen LogP contribution in [0.5, 0.6) is 5.75 Å². The van der Waals surface area contributed by atoms with Crippen molar-refractivity contribution >= 4 is 5.82 Å². The predicted molar refractivity (Wildman–Crippen MR) is 70.6 cm³/mol. The minimum atomic E-state index is -0.381. The van der Waals surface area contributed by atoms with Crippen molar-refractivity contribution in [3.63, 3.8) is 0 Å². The van der Waals surface area contributed by atoms with Crippen molar-refractivity contribution in [2.75, 3.05) is 12.8 Å². The van der Waals surface area contributed by atoms with Gasteiger partial charge in [0.1, 0.15) is 0 Å². The Morgan fingerprint density at radius 1 is 1.42 bits per heavy atom. The molecule has 0 amide bonds. The molecule has 102 valence electrons. The van der Waals surface area contributed by atoms with E-state index in [1.165, 1.54) is 7.11 Å². The Kier molecular flexibility index (Phi) is 3.69. The summed E-state index contributed by atoms with van der Waals surface area (Å²) in [6.07, 6.45) is 0. The number of nitrogen functional groups attached to an aromatic ring is 1. The van der Waals surface area contributed by atoms with Crippen LogP contribution < -0.4 is 10.5 Å². The standard InChI is InChI=1S/C13H17FN4O/c1-8(2)12-13(15)16-17-18(12)7-9-5-4-6-10(19-3)11(9)14/h4-6,8H,7,15H2,1-3H3. The van der Waals surface area contributed by atoms with E-state index in [-0.39, 0.29) is 24.0 Å². The number of methoxy groups -OCH3 is 1. The Morgan fingerprint density at radius 2 is 2.16 bits per heavy atom. The van der Waals surface area contributed by atoms with E-state index >= 15 is 0 Å². The van der Waals surface area contributed by atoms with Crippen LogP contribution in [0.4, 0.5) is 10.2 Å². The number of halogens is 1. The van der Waals surface area contributed by atoms with E-state index in [1.807, 2.05) is 13.8 Å². The normalized spacial score (nSPS) is 11.0. The monoisotopic (exact) mass is 264 g/mol. The van der Waals surface area contributed by atoms with Crippen LogP contribution in [0, 0.1) is 5.82 Å². The Hall–Kier alpha value is -2.11. The quantitative estimate of drug-likeness (QED) is 0.919. The van der Waals surface area contributed by atoms with Crippen LogP contribution >= 0.6 is 0 Å². The summed E-state index contributed by atoms with van der Waals surface area (Å²) in [5.41, 5.74) is 7.08. The first-order valence-electron chi connectivity index (χ1n) is 6.04. The fraction of sp³-hybridized carbons (Fsp3) is 0.385. The van der Waals surface area contributed by atoms with Crippen LogP contribution in [-0.4, -0.2) is 22.1 Å². The lowest BCUT2D eigenvalue weighted by molar-refractivity contribution is 0.383. The van der Waals surface area contributed by atoms with Crippen molar-refractivity contribution in [3.05, 3.63) is 35.3 Å². The van der Waals surface area contributed by atoms with E-state index in [0.717, 1.165) is 5.69 Å². The number of hydrogen-bond acceptors (Lipinski definition) is 4. The summed E-state index contributed by atoms with van der Waals surface area (Å²) in [7, 11) is 1.44. The van der Waals surface area contributed by atoms with E-state index in [2.05, 4.69) is 10.3 Å². The van der Waals surface area contributed by atoms with E-state index in [9.17, 15) is 4.39 Å². The molecule has 0 aliphatic rings. The summed E-state index contributed by atoms with van der Waals surface area (Å²) in [5.74, 6) is 0.396. The third kappa shape index (κ3) is 2.52. The largest absolute Gasteiger partial charge is 0.494 e. The average molecular weight is 264 g/mol. The molecule has 6 heteroatoms. The van der Waals surface area contributed by atoms with Crippen molar-refractivity contribution in [2.45, 2.75) is 26.3 Å². The number of benzene rings is 1. The molecular formula is C13H17FN4O. The highest BCUT2D eigenvalue weighted by Gasteiger charge is 2.16. The minimum absolute atomic E-state index is 0.170. The van der Waals surface area contributed by atoms with Crippen molar-refractivity contribution in [1.82, 2.24) is 15.0 Å². The molecule has 0 spiro atoms. The smallest absolute Gasteiger partial charge is 0.170 e. The molecule has 0 aliphatic carbocycles. The van der Waals surface area contributed by atoms with E-state index in [0.29, 0.717) is 11.4 Å². The Labute approximate surface area is 111 Å². The fourth-order valence-corrected chi connectivity index (χ4v) is 2.04. The number of ether oxygens (including phenoxy) is 1. The summed E-state index contributed by atoms with van der Waals surface area (Å²) < 4.78 is 20.7. The maximum absolute atomic E-state index is 14.1. The molecule has 0 unspecified atom stereocenters. The first kappa shape index (κ1) is 13.3. The third-order valence-electron chi connectivity index (χ3n) is 2.93. The van der Waals surface area contributed by atoms with Crippen molar-refractivity contribution < 1.29 is 9.13 Å². The van der Waals surface area contributed by atoms with E-state index in [1.54, 1.807) is 22.9 Å². The topological polar surface area (TPSA) is 66.0 Å². The minimum Gasteiger partial charge on any atom is -0.494 e. The van der Waals surface area contributed by atoms with Gasteiger partial charge < -0.3 is 10.5 Å².